The van der Waals surface area contributed by atoms with Gasteiger partial charge >= 0.3 is 7.60 Å². The van der Waals surface area contributed by atoms with E-state index < -0.39 is 20.1 Å². The molecular formula is C29H62O4P2. The Kier molecular flexibility index (Phi) is 23.7. The number of rotatable bonds is 27. The highest BCUT2D eigenvalue weighted by Gasteiger charge is 2.44. The van der Waals surface area contributed by atoms with Gasteiger partial charge in [-0.05, 0) is 25.7 Å². The highest BCUT2D eigenvalue weighted by atomic mass is 31.2. The topological polar surface area (TPSA) is 63.6 Å². The largest absolute Gasteiger partial charge is 0.338 e. The quantitative estimate of drug-likeness (QED) is 0.0837. The molecule has 212 valence electrons. The van der Waals surface area contributed by atoms with E-state index in [9.17, 15) is 14.0 Å². The van der Waals surface area contributed by atoms with Crippen molar-refractivity contribution in [1.82, 2.24) is 0 Å². The van der Waals surface area contributed by atoms with Gasteiger partial charge in [0.15, 0.2) is 0 Å². The summed E-state index contributed by atoms with van der Waals surface area (Å²) in [5.41, 5.74) is 0. The van der Waals surface area contributed by atoms with E-state index in [0.29, 0.717) is 25.4 Å². The van der Waals surface area contributed by atoms with Crippen molar-refractivity contribution < 1.29 is 18.5 Å². The van der Waals surface area contributed by atoms with Crippen LogP contribution in [-0.4, -0.2) is 29.2 Å². The maximum Gasteiger partial charge on any atom is 0.338 e. The first-order valence-electron chi connectivity index (χ1n) is 15.4. The highest BCUT2D eigenvalue weighted by molar-refractivity contribution is 7.77. The zero-order chi connectivity index (χ0) is 26.3. The first-order valence-corrected chi connectivity index (χ1v) is 19.2. The molecule has 0 bridgehead atoms. The molecule has 0 aliphatic heterocycles. The van der Waals surface area contributed by atoms with Crippen molar-refractivity contribution in [3.05, 3.63) is 0 Å². The summed E-state index contributed by atoms with van der Waals surface area (Å²) in [5, 5.41) is -0.663. The molecule has 4 nitrogen and oxygen atoms in total. The third kappa shape index (κ3) is 18.3. The summed E-state index contributed by atoms with van der Waals surface area (Å²) in [6.45, 7) is 9.01. The number of unbranched alkanes of at least 4 members (excludes halogenated alkanes) is 16. The average Bonchev–Trinajstić information content (AvgIpc) is 2.83. The van der Waals surface area contributed by atoms with Gasteiger partial charge in [0.25, 0.3) is 0 Å². The summed E-state index contributed by atoms with van der Waals surface area (Å²) >= 11 is 0. The van der Waals surface area contributed by atoms with Crippen LogP contribution in [0.1, 0.15) is 163 Å². The minimum atomic E-state index is -3.91. The molecule has 1 N–H and O–H groups in total. The van der Waals surface area contributed by atoms with Gasteiger partial charge in [-0.25, -0.2) is 0 Å². The molecule has 2 unspecified atom stereocenters. The Labute approximate surface area is 220 Å². The maximum absolute atomic E-state index is 14.5. The van der Waals surface area contributed by atoms with Gasteiger partial charge in [0.1, 0.15) is 12.5 Å². The van der Waals surface area contributed by atoms with Gasteiger partial charge in [0.2, 0.25) is 0 Å². The zero-order valence-electron chi connectivity index (χ0n) is 24.1. The molecule has 0 fully saturated rings. The molecule has 0 rings (SSSR count). The van der Waals surface area contributed by atoms with Crippen molar-refractivity contribution in [3.63, 3.8) is 0 Å². The van der Waals surface area contributed by atoms with Crippen molar-refractivity contribution in [2.75, 3.05) is 18.9 Å². The third-order valence-electron chi connectivity index (χ3n) is 7.29. The standard InChI is InChI=1S/C29H62O4P2/c1-5-9-13-16-19-22-25-29(35(31,32)33-26-12-8-4)34(30,27-23-20-17-14-10-6-2)28-24-21-18-15-11-7-3/h29H,5-28H2,1-4H3,(H,31,32). The summed E-state index contributed by atoms with van der Waals surface area (Å²) in [6.07, 6.45) is 24.1. The predicted molar refractivity (Wildman–Crippen MR) is 157 cm³/mol. The van der Waals surface area contributed by atoms with Gasteiger partial charge in [0.05, 0.1) is 6.61 Å². The molecule has 0 aliphatic rings. The van der Waals surface area contributed by atoms with E-state index in [1.165, 1.54) is 70.6 Å². The molecule has 0 saturated carbocycles. The van der Waals surface area contributed by atoms with Gasteiger partial charge in [-0.15, -0.1) is 0 Å². The number of hydrogen-bond donors (Lipinski definition) is 1. The molecule has 0 aromatic carbocycles. The van der Waals surface area contributed by atoms with Crippen LogP contribution in [0.25, 0.3) is 0 Å². The SMILES string of the molecule is CCCCCCCCC(P(=O)(CCCCCCCC)CCCCCCCC)P(=O)(O)OCCCC. The van der Waals surface area contributed by atoms with Crippen molar-refractivity contribution in [1.29, 1.82) is 0 Å². The van der Waals surface area contributed by atoms with E-state index in [0.717, 1.165) is 57.8 Å². The molecule has 6 heteroatoms. The number of hydrogen-bond acceptors (Lipinski definition) is 3. The van der Waals surface area contributed by atoms with E-state index in [1.54, 1.807) is 0 Å². The average molecular weight is 537 g/mol. The van der Waals surface area contributed by atoms with E-state index in [2.05, 4.69) is 27.7 Å². The van der Waals surface area contributed by atoms with Crippen LogP contribution in [0.2, 0.25) is 0 Å². The fraction of sp³-hybridized carbons (Fsp3) is 1.00. The molecule has 0 saturated heterocycles. The Morgan fingerprint density at radius 3 is 1.34 bits per heavy atom. The van der Waals surface area contributed by atoms with Crippen molar-refractivity contribution >= 4 is 14.7 Å². The monoisotopic (exact) mass is 536 g/mol. The Bertz CT molecular complexity index is 533. The van der Waals surface area contributed by atoms with Gasteiger partial charge in [0, 0.05) is 12.3 Å². The zero-order valence-corrected chi connectivity index (χ0v) is 25.9. The van der Waals surface area contributed by atoms with E-state index >= 15 is 0 Å². The van der Waals surface area contributed by atoms with Crippen LogP contribution in [0, 0.1) is 0 Å². The van der Waals surface area contributed by atoms with E-state index in [1.807, 2.05) is 0 Å². The lowest BCUT2D eigenvalue weighted by Gasteiger charge is -2.31. The minimum Gasteiger partial charge on any atom is -0.324 e. The van der Waals surface area contributed by atoms with Crippen molar-refractivity contribution in [2.24, 2.45) is 0 Å². The molecule has 35 heavy (non-hydrogen) atoms. The fourth-order valence-electron chi connectivity index (χ4n) is 4.93. The second-order valence-corrected chi connectivity index (χ2v) is 16.6. The molecule has 0 amide bonds. The van der Waals surface area contributed by atoms with Gasteiger partial charge in [-0.3, -0.25) is 4.57 Å². The first kappa shape index (κ1) is 35.4. The molecule has 0 heterocycles. The molecule has 0 aromatic heterocycles. The maximum atomic E-state index is 14.5. The lowest BCUT2D eigenvalue weighted by molar-refractivity contribution is 0.251. The molecule has 0 aliphatic carbocycles. The Morgan fingerprint density at radius 2 is 0.914 bits per heavy atom. The fourth-order valence-corrected chi connectivity index (χ4v) is 12.0. The predicted octanol–water partition coefficient (Wildman–Crippen LogP) is 11.1. The summed E-state index contributed by atoms with van der Waals surface area (Å²) in [6, 6.07) is 0. The second-order valence-electron chi connectivity index (χ2n) is 10.7. The van der Waals surface area contributed by atoms with Crippen LogP contribution in [0.3, 0.4) is 0 Å². The lowest BCUT2D eigenvalue weighted by atomic mass is 10.1. The van der Waals surface area contributed by atoms with Gasteiger partial charge in [-0.1, -0.05) is 137 Å². The minimum absolute atomic E-state index is 0.297. The molecule has 0 radical (unpaired) electrons. The smallest absolute Gasteiger partial charge is 0.324 e. The summed E-state index contributed by atoms with van der Waals surface area (Å²) < 4.78 is 33.7. The van der Waals surface area contributed by atoms with Crippen LogP contribution in [0.4, 0.5) is 0 Å². The lowest BCUT2D eigenvalue weighted by Crippen LogP contribution is -2.17. The van der Waals surface area contributed by atoms with Crippen LogP contribution < -0.4 is 0 Å². The Hall–Kier alpha value is 0.380. The van der Waals surface area contributed by atoms with Crippen LogP contribution in [-0.2, 0) is 13.7 Å². The van der Waals surface area contributed by atoms with Crippen LogP contribution in [0.15, 0.2) is 0 Å². The van der Waals surface area contributed by atoms with E-state index in [-0.39, 0.29) is 0 Å². The summed E-state index contributed by atoms with van der Waals surface area (Å²) in [7, 11) is -6.72. The van der Waals surface area contributed by atoms with Gasteiger partial charge < -0.3 is 14.0 Å². The van der Waals surface area contributed by atoms with Crippen molar-refractivity contribution in [2.45, 2.75) is 168 Å². The Balaban J connectivity index is 5.33. The van der Waals surface area contributed by atoms with Crippen molar-refractivity contribution in [3.8, 4) is 0 Å². The summed E-state index contributed by atoms with van der Waals surface area (Å²) in [5.74, 6) is 0. The van der Waals surface area contributed by atoms with Gasteiger partial charge in [-0.2, -0.15) is 0 Å². The molecule has 2 atom stereocenters. The van der Waals surface area contributed by atoms with Crippen LogP contribution in [0.5, 0.6) is 0 Å². The second kappa shape index (κ2) is 23.5. The molecule has 0 aromatic rings. The highest BCUT2D eigenvalue weighted by Crippen LogP contribution is 2.69. The van der Waals surface area contributed by atoms with E-state index in [4.69, 9.17) is 4.52 Å². The van der Waals surface area contributed by atoms with Crippen LogP contribution >= 0.6 is 14.7 Å². The normalized spacial score (nSPS) is 14.8. The molecular weight excluding hydrogens is 474 g/mol. The molecule has 0 spiro atoms. The Morgan fingerprint density at radius 1 is 0.543 bits per heavy atom. The first-order chi connectivity index (χ1) is 16.9. The summed E-state index contributed by atoms with van der Waals surface area (Å²) in [4.78, 5) is 11.1. The third-order valence-corrected chi connectivity index (χ3v) is 14.5.